The van der Waals surface area contributed by atoms with Crippen LogP contribution in [0.15, 0.2) is 18.5 Å². The Labute approximate surface area is 185 Å². The van der Waals surface area contributed by atoms with Crippen molar-refractivity contribution in [1.29, 1.82) is 0 Å². The number of alkyl halides is 3. The van der Waals surface area contributed by atoms with Gasteiger partial charge in [0, 0.05) is 55.7 Å². The number of halogens is 3. The summed E-state index contributed by atoms with van der Waals surface area (Å²) in [7, 11) is 0. The van der Waals surface area contributed by atoms with Gasteiger partial charge in [-0.1, -0.05) is 0 Å². The monoisotopic (exact) mass is 447 g/mol. The second-order valence-electron chi connectivity index (χ2n) is 9.77. The number of aromatic nitrogens is 3. The maximum Gasteiger partial charge on any atom is 0.419 e. The van der Waals surface area contributed by atoms with Crippen molar-refractivity contribution in [3.05, 3.63) is 29.8 Å². The number of anilines is 1. The molecule has 2 aromatic heterocycles. The average molecular weight is 448 g/mol. The van der Waals surface area contributed by atoms with E-state index < -0.39 is 17.6 Å². The van der Waals surface area contributed by atoms with Crippen molar-refractivity contribution in [1.82, 2.24) is 19.4 Å². The topological polar surface area (TPSA) is 69.2 Å². The number of fused-ring (bicyclic) bond motifs is 1. The Kier molecular flexibility index (Phi) is 4.77. The van der Waals surface area contributed by atoms with Crippen LogP contribution in [0.4, 0.5) is 19.0 Å². The first-order chi connectivity index (χ1) is 15.4. The van der Waals surface area contributed by atoms with Crippen molar-refractivity contribution < 1.29 is 17.9 Å². The Hall–Kier alpha value is -2.13. The predicted molar refractivity (Wildman–Crippen MR) is 113 cm³/mol. The summed E-state index contributed by atoms with van der Waals surface area (Å²) in [5.74, 6) is 2.24. The van der Waals surface area contributed by atoms with Crippen molar-refractivity contribution in [3.8, 4) is 11.3 Å². The highest BCUT2D eigenvalue weighted by Gasteiger charge is 2.58. The fourth-order valence-electron chi connectivity index (χ4n) is 5.89. The van der Waals surface area contributed by atoms with Crippen molar-refractivity contribution in [2.75, 3.05) is 32.0 Å². The minimum absolute atomic E-state index is 0.375. The van der Waals surface area contributed by atoms with Crippen LogP contribution in [0, 0.1) is 11.8 Å². The van der Waals surface area contributed by atoms with Gasteiger partial charge in [-0.25, -0.2) is 9.97 Å². The Bertz CT molecular complexity index is 998. The number of hydrogen-bond acceptors (Lipinski definition) is 5. The molecular weight excluding hydrogens is 419 g/mol. The number of imidazole rings is 1. The summed E-state index contributed by atoms with van der Waals surface area (Å²) < 4.78 is 47.8. The van der Waals surface area contributed by atoms with Gasteiger partial charge in [0.15, 0.2) is 0 Å². The highest BCUT2D eigenvalue weighted by Crippen LogP contribution is 2.62. The third-order valence-corrected chi connectivity index (χ3v) is 7.69. The predicted octanol–water partition coefficient (Wildman–Crippen LogP) is 4.10. The molecule has 2 unspecified atom stereocenters. The van der Waals surface area contributed by atoms with Gasteiger partial charge in [0.1, 0.15) is 11.6 Å². The van der Waals surface area contributed by atoms with Crippen LogP contribution in [0.2, 0.25) is 0 Å². The molecule has 6 nitrogen and oxygen atoms in total. The molecule has 4 fully saturated rings. The number of ether oxygens (including phenoxy) is 1. The third-order valence-electron chi connectivity index (χ3n) is 7.69. The molecule has 2 aromatic rings. The number of nitrogen functional groups attached to an aromatic ring is 1. The number of nitrogens with zero attached hydrogens (tertiary/aromatic N) is 4. The number of pyridine rings is 1. The summed E-state index contributed by atoms with van der Waals surface area (Å²) in [5.41, 5.74) is 5.53. The Balaban J connectivity index is 1.24. The van der Waals surface area contributed by atoms with E-state index in [1.54, 1.807) is 0 Å². The minimum atomic E-state index is -4.53. The summed E-state index contributed by atoms with van der Waals surface area (Å²) in [4.78, 5) is 11.2. The van der Waals surface area contributed by atoms with E-state index in [1.165, 1.54) is 19.0 Å². The van der Waals surface area contributed by atoms with Crippen molar-refractivity contribution >= 4 is 5.82 Å². The lowest BCUT2D eigenvalue weighted by atomic mass is 10.1. The van der Waals surface area contributed by atoms with Gasteiger partial charge in [-0.05, 0) is 50.0 Å². The highest BCUT2D eigenvalue weighted by molar-refractivity contribution is 5.62. The van der Waals surface area contributed by atoms with Crippen molar-refractivity contribution in [3.63, 3.8) is 0 Å². The molecule has 0 radical (unpaired) electrons. The van der Waals surface area contributed by atoms with E-state index in [2.05, 4.69) is 14.5 Å². The second-order valence-corrected chi connectivity index (χ2v) is 9.77. The minimum Gasteiger partial charge on any atom is -0.383 e. The lowest BCUT2D eigenvalue weighted by Crippen LogP contribution is -2.36. The van der Waals surface area contributed by atoms with E-state index in [9.17, 15) is 13.2 Å². The van der Waals surface area contributed by atoms with Gasteiger partial charge in [0.25, 0.3) is 0 Å². The molecule has 1 aliphatic heterocycles. The third kappa shape index (κ3) is 3.59. The number of rotatable bonds is 4. The van der Waals surface area contributed by atoms with Gasteiger partial charge < -0.3 is 15.0 Å². The maximum absolute atomic E-state index is 13.3. The molecule has 0 spiro atoms. The van der Waals surface area contributed by atoms with Crippen LogP contribution in [0.5, 0.6) is 0 Å². The lowest BCUT2D eigenvalue weighted by Gasteiger charge is -2.29. The van der Waals surface area contributed by atoms with Gasteiger partial charge >= 0.3 is 6.18 Å². The number of nitrogens with two attached hydrogens (primary N) is 1. The van der Waals surface area contributed by atoms with E-state index in [4.69, 9.17) is 15.5 Å². The summed E-state index contributed by atoms with van der Waals surface area (Å²) in [6.07, 6.45) is 4.50. The Morgan fingerprint density at radius 3 is 2.59 bits per heavy atom. The van der Waals surface area contributed by atoms with Crippen LogP contribution >= 0.6 is 0 Å². The standard InChI is InChI=1S/C23H28F3N5O/c24-23(25,26)18-8-14(11-28-21(18)27)19-12-31(22(29-19)13-2-3-13)20-16-9-15(10-17(16)20)30-4-1-6-32-7-5-30/h8,11-13,15-17,20H,1-7,9-10H2,(H2,27,28). The second kappa shape index (κ2) is 7.45. The normalized spacial score (nSPS) is 30.8. The highest BCUT2D eigenvalue weighted by atomic mass is 19.4. The summed E-state index contributed by atoms with van der Waals surface area (Å²) in [6.45, 7) is 3.81. The van der Waals surface area contributed by atoms with Gasteiger partial charge in [0.05, 0.1) is 17.9 Å². The molecule has 1 saturated heterocycles. The summed E-state index contributed by atoms with van der Waals surface area (Å²) in [5, 5.41) is 0. The zero-order valence-electron chi connectivity index (χ0n) is 17.9. The molecule has 32 heavy (non-hydrogen) atoms. The van der Waals surface area contributed by atoms with E-state index in [1.807, 2.05) is 6.20 Å². The largest absolute Gasteiger partial charge is 0.419 e. The first-order valence-electron chi connectivity index (χ1n) is 11.6. The smallest absolute Gasteiger partial charge is 0.383 e. The lowest BCUT2D eigenvalue weighted by molar-refractivity contribution is -0.137. The van der Waals surface area contributed by atoms with Gasteiger partial charge in [-0.3, -0.25) is 4.90 Å². The van der Waals surface area contributed by atoms with Crippen LogP contribution in [0.25, 0.3) is 11.3 Å². The van der Waals surface area contributed by atoms with E-state index >= 15 is 0 Å². The fourth-order valence-corrected chi connectivity index (χ4v) is 5.89. The molecule has 3 heterocycles. The molecule has 6 rings (SSSR count). The fraction of sp³-hybridized carbons (Fsp3) is 0.652. The molecular formula is C23H28F3N5O. The average Bonchev–Trinajstić information content (AvgIpc) is 3.65. The quantitative estimate of drug-likeness (QED) is 0.765. The molecule has 172 valence electrons. The van der Waals surface area contributed by atoms with Gasteiger partial charge in [0.2, 0.25) is 0 Å². The molecule has 3 saturated carbocycles. The molecule has 0 aromatic carbocycles. The van der Waals surface area contributed by atoms with Gasteiger partial charge in [-0.2, -0.15) is 13.2 Å². The molecule has 2 N–H and O–H groups in total. The first kappa shape index (κ1) is 20.5. The molecule has 3 aliphatic carbocycles. The zero-order chi connectivity index (χ0) is 22.0. The van der Waals surface area contributed by atoms with E-state index in [0.29, 0.717) is 41.1 Å². The van der Waals surface area contributed by atoms with Crippen LogP contribution in [-0.2, 0) is 10.9 Å². The molecule has 0 amide bonds. The summed E-state index contributed by atoms with van der Waals surface area (Å²) in [6, 6.07) is 2.14. The van der Waals surface area contributed by atoms with Crippen LogP contribution < -0.4 is 5.73 Å². The van der Waals surface area contributed by atoms with Crippen LogP contribution in [0.3, 0.4) is 0 Å². The summed E-state index contributed by atoms with van der Waals surface area (Å²) >= 11 is 0. The van der Waals surface area contributed by atoms with Crippen molar-refractivity contribution in [2.45, 2.75) is 56.3 Å². The molecule has 0 bridgehead atoms. The van der Waals surface area contributed by atoms with E-state index in [-0.39, 0.29) is 0 Å². The number of hydrogen-bond donors (Lipinski definition) is 1. The Morgan fingerprint density at radius 2 is 1.88 bits per heavy atom. The van der Waals surface area contributed by atoms with Crippen LogP contribution in [0.1, 0.15) is 55.5 Å². The zero-order valence-corrected chi connectivity index (χ0v) is 17.9. The molecule has 2 atom stereocenters. The van der Waals surface area contributed by atoms with Crippen molar-refractivity contribution in [2.24, 2.45) is 11.8 Å². The van der Waals surface area contributed by atoms with Crippen LogP contribution in [-0.4, -0.2) is 51.8 Å². The molecule has 9 heteroatoms. The maximum atomic E-state index is 13.3. The first-order valence-corrected chi connectivity index (χ1v) is 11.6. The molecule has 4 aliphatic rings. The Morgan fingerprint density at radius 1 is 1.09 bits per heavy atom. The van der Waals surface area contributed by atoms with Gasteiger partial charge in [-0.15, -0.1) is 0 Å². The SMILES string of the molecule is Nc1ncc(-c2cn(C3C4CC(N5CCCOCC5)CC43)c(C3CC3)n2)cc1C(F)(F)F. The van der Waals surface area contributed by atoms with E-state index in [0.717, 1.165) is 57.5 Å².